The zero-order valence-electron chi connectivity index (χ0n) is 11.5. The Bertz CT molecular complexity index is 487. The number of aromatic nitrogens is 2. The van der Waals surface area contributed by atoms with Crippen molar-refractivity contribution >= 4 is 5.91 Å². The second-order valence-corrected chi connectivity index (χ2v) is 5.17. The number of aliphatic hydroxyl groups is 1. The summed E-state index contributed by atoms with van der Waals surface area (Å²) in [5.41, 5.74) is -1.01. The Balaban J connectivity index is 2.04. The Morgan fingerprint density at radius 3 is 2.76 bits per heavy atom. The lowest BCUT2D eigenvalue weighted by Crippen LogP contribution is -2.43. The molecule has 21 heavy (non-hydrogen) atoms. The van der Waals surface area contributed by atoms with Crippen molar-refractivity contribution in [2.75, 3.05) is 13.2 Å². The van der Waals surface area contributed by atoms with Gasteiger partial charge in [-0.15, -0.1) is 0 Å². The molecule has 0 spiro atoms. The van der Waals surface area contributed by atoms with E-state index in [1.54, 1.807) is 4.90 Å². The summed E-state index contributed by atoms with van der Waals surface area (Å²) in [6, 6.07) is 0.594. The van der Waals surface area contributed by atoms with Crippen LogP contribution in [-0.4, -0.2) is 44.9 Å². The number of alkyl halides is 3. The fourth-order valence-electron chi connectivity index (χ4n) is 2.53. The van der Waals surface area contributed by atoms with E-state index in [0.29, 0.717) is 6.54 Å². The molecule has 1 N–H and O–H groups in total. The quantitative estimate of drug-likeness (QED) is 0.924. The molecule has 1 fully saturated rings. The van der Waals surface area contributed by atoms with E-state index in [-0.39, 0.29) is 25.1 Å². The second kappa shape index (κ2) is 6.46. The third-order valence-electron chi connectivity index (χ3n) is 3.64. The first-order valence-electron chi connectivity index (χ1n) is 6.93. The predicted octanol–water partition coefficient (Wildman–Crippen LogP) is 1.67. The van der Waals surface area contributed by atoms with Gasteiger partial charge in [0.25, 0.3) is 0 Å². The standard InChI is InChI=1S/C13H18F3N3O2/c14-13(15,16)11-5-7-18(17-11)8-12(21)19-6-3-1-2-4-10(19)9-20/h5,7,10,20H,1-4,6,8-9H2. The molecule has 0 aliphatic carbocycles. The van der Waals surface area contributed by atoms with Gasteiger partial charge in [0.1, 0.15) is 6.54 Å². The van der Waals surface area contributed by atoms with Crippen molar-refractivity contribution in [1.29, 1.82) is 0 Å². The summed E-state index contributed by atoms with van der Waals surface area (Å²) in [6.45, 7) is 0.155. The molecule has 8 heteroatoms. The molecule has 1 unspecified atom stereocenters. The Labute approximate surface area is 120 Å². The summed E-state index contributed by atoms with van der Waals surface area (Å²) >= 11 is 0. The number of carbonyl (C=O) groups excluding carboxylic acids is 1. The Kier molecular flexibility index (Phi) is 4.87. The van der Waals surface area contributed by atoms with Gasteiger partial charge in [0.05, 0.1) is 12.6 Å². The first-order chi connectivity index (χ1) is 9.91. The molecule has 1 amide bonds. The van der Waals surface area contributed by atoms with Crippen LogP contribution in [0.2, 0.25) is 0 Å². The average molecular weight is 305 g/mol. The summed E-state index contributed by atoms with van der Waals surface area (Å²) in [7, 11) is 0. The molecule has 1 aromatic heterocycles. The Morgan fingerprint density at radius 2 is 2.14 bits per heavy atom. The van der Waals surface area contributed by atoms with Crippen molar-refractivity contribution in [2.45, 2.75) is 44.4 Å². The Morgan fingerprint density at radius 1 is 1.38 bits per heavy atom. The van der Waals surface area contributed by atoms with Crippen LogP contribution in [0.25, 0.3) is 0 Å². The minimum atomic E-state index is -4.51. The number of amides is 1. The minimum absolute atomic E-state index is 0.126. The molecule has 1 atom stereocenters. The second-order valence-electron chi connectivity index (χ2n) is 5.17. The van der Waals surface area contributed by atoms with Gasteiger partial charge in [-0.2, -0.15) is 18.3 Å². The van der Waals surface area contributed by atoms with Crippen LogP contribution < -0.4 is 0 Å². The van der Waals surface area contributed by atoms with Crippen LogP contribution in [0.3, 0.4) is 0 Å². The minimum Gasteiger partial charge on any atom is -0.394 e. The molecule has 0 bridgehead atoms. The number of hydrogen-bond acceptors (Lipinski definition) is 3. The lowest BCUT2D eigenvalue weighted by molar-refractivity contribution is -0.142. The van der Waals surface area contributed by atoms with E-state index in [1.807, 2.05) is 0 Å². The van der Waals surface area contributed by atoms with E-state index in [9.17, 15) is 23.1 Å². The maximum absolute atomic E-state index is 12.5. The lowest BCUT2D eigenvalue weighted by Gasteiger charge is -2.28. The van der Waals surface area contributed by atoms with Crippen molar-refractivity contribution in [3.63, 3.8) is 0 Å². The summed E-state index contributed by atoms with van der Waals surface area (Å²) in [6.07, 6.45) is 0.122. The number of halogens is 3. The molecule has 1 aromatic rings. The first-order valence-corrected chi connectivity index (χ1v) is 6.93. The van der Waals surface area contributed by atoms with E-state index in [0.717, 1.165) is 42.6 Å². The number of rotatable bonds is 3. The van der Waals surface area contributed by atoms with Gasteiger partial charge in [0, 0.05) is 12.7 Å². The van der Waals surface area contributed by atoms with Crippen LogP contribution in [0.4, 0.5) is 13.2 Å². The number of aliphatic hydroxyl groups excluding tert-OH is 1. The van der Waals surface area contributed by atoms with Crippen LogP contribution in [-0.2, 0) is 17.5 Å². The third kappa shape index (κ3) is 3.96. The van der Waals surface area contributed by atoms with Crippen molar-refractivity contribution in [1.82, 2.24) is 14.7 Å². The molecule has 1 aliphatic heterocycles. The molecule has 0 radical (unpaired) electrons. The van der Waals surface area contributed by atoms with E-state index in [2.05, 4.69) is 5.10 Å². The van der Waals surface area contributed by atoms with Crippen LogP contribution in [0, 0.1) is 0 Å². The van der Waals surface area contributed by atoms with E-state index < -0.39 is 11.9 Å². The fraction of sp³-hybridized carbons (Fsp3) is 0.692. The molecular formula is C13H18F3N3O2. The van der Waals surface area contributed by atoms with Crippen LogP contribution in [0.1, 0.15) is 31.4 Å². The zero-order valence-corrected chi connectivity index (χ0v) is 11.5. The first kappa shape index (κ1) is 15.8. The highest BCUT2D eigenvalue weighted by molar-refractivity contribution is 5.76. The van der Waals surface area contributed by atoms with Gasteiger partial charge in [0.15, 0.2) is 5.69 Å². The third-order valence-corrected chi connectivity index (χ3v) is 3.64. The van der Waals surface area contributed by atoms with Crippen molar-refractivity contribution in [2.24, 2.45) is 0 Å². The molecule has 1 aliphatic rings. The van der Waals surface area contributed by atoms with Crippen LogP contribution in [0.15, 0.2) is 12.3 Å². The van der Waals surface area contributed by atoms with Crippen molar-refractivity contribution < 1.29 is 23.1 Å². The number of carbonyl (C=O) groups is 1. The summed E-state index contributed by atoms with van der Waals surface area (Å²) in [5.74, 6) is -0.312. The average Bonchev–Trinajstić information content (AvgIpc) is 2.75. The molecule has 1 saturated heterocycles. The van der Waals surface area contributed by atoms with Crippen LogP contribution >= 0.6 is 0 Å². The molecule has 118 valence electrons. The lowest BCUT2D eigenvalue weighted by atomic mass is 10.1. The number of likely N-dealkylation sites (tertiary alicyclic amines) is 1. The topological polar surface area (TPSA) is 58.4 Å². The maximum Gasteiger partial charge on any atom is 0.435 e. The van der Waals surface area contributed by atoms with Gasteiger partial charge in [0.2, 0.25) is 5.91 Å². The molecule has 2 heterocycles. The number of hydrogen-bond donors (Lipinski definition) is 1. The van der Waals surface area contributed by atoms with E-state index in [4.69, 9.17) is 0 Å². The Hall–Kier alpha value is -1.57. The monoisotopic (exact) mass is 305 g/mol. The molecule has 2 rings (SSSR count). The SMILES string of the molecule is O=C(Cn1ccc(C(F)(F)F)n1)N1CCCCCC1CO. The van der Waals surface area contributed by atoms with E-state index >= 15 is 0 Å². The zero-order chi connectivity index (χ0) is 15.5. The van der Waals surface area contributed by atoms with E-state index in [1.165, 1.54) is 0 Å². The summed E-state index contributed by atoms with van der Waals surface area (Å²) in [5, 5.41) is 12.7. The molecule has 0 saturated carbocycles. The van der Waals surface area contributed by atoms with Gasteiger partial charge in [-0.05, 0) is 18.9 Å². The van der Waals surface area contributed by atoms with Gasteiger partial charge in [-0.3, -0.25) is 9.48 Å². The smallest absolute Gasteiger partial charge is 0.394 e. The normalized spacial score (nSPS) is 20.4. The van der Waals surface area contributed by atoms with Crippen LogP contribution in [0.5, 0.6) is 0 Å². The molecular weight excluding hydrogens is 287 g/mol. The largest absolute Gasteiger partial charge is 0.435 e. The molecule has 0 aromatic carbocycles. The summed E-state index contributed by atoms with van der Waals surface area (Å²) in [4.78, 5) is 13.8. The predicted molar refractivity (Wildman–Crippen MR) is 68.3 cm³/mol. The fourth-order valence-corrected chi connectivity index (χ4v) is 2.53. The summed E-state index contributed by atoms with van der Waals surface area (Å²) < 4.78 is 38.4. The maximum atomic E-state index is 12.5. The van der Waals surface area contributed by atoms with Gasteiger partial charge < -0.3 is 10.0 Å². The van der Waals surface area contributed by atoms with Gasteiger partial charge >= 0.3 is 6.18 Å². The highest BCUT2D eigenvalue weighted by atomic mass is 19.4. The van der Waals surface area contributed by atoms with Crippen molar-refractivity contribution in [3.05, 3.63) is 18.0 Å². The highest BCUT2D eigenvalue weighted by Crippen LogP contribution is 2.27. The van der Waals surface area contributed by atoms with Gasteiger partial charge in [-0.1, -0.05) is 12.8 Å². The highest BCUT2D eigenvalue weighted by Gasteiger charge is 2.34. The molecule has 5 nitrogen and oxygen atoms in total. The van der Waals surface area contributed by atoms with Crippen molar-refractivity contribution in [3.8, 4) is 0 Å². The number of nitrogens with zero attached hydrogens (tertiary/aromatic N) is 3. The van der Waals surface area contributed by atoms with Gasteiger partial charge in [-0.25, -0.2) is 0 Å².